The van der Waals surface area contributed by atoms with E-state index in [0.29, 0.717) is 25.2 Å². The molecule has 1 unspecified atom stereocenters. The SMILES string of the molecule is CCOC(=O)C1(CC)Cc2cc(O)ccc2O1. The lowest BCUT2D eigenvalue weighted by molar-refractivity contribution is -0.160. The molecule has 1 aromatic rings. The Bertz CT molecular complexity index is 441. The summed E-state index contributed by atoms with van der Waals surface area (Å²) >= 11 is 0. The van der Waals surface area contributed by atoms with Gasteiger partial charge in [0, 0.05) is 12.0 Å². The van der Waals surface area contributed by atoms with Crippen LogP contribution in [0.2, 0.25) is 0 Å². The summed E-state index contributed by atoms with van der Waals surface area (Å²) in [7, 11) is 0. The number of rotatable bonds is 3. The molecule has 2 rings (SSSR count). The van der Waals surface area contributed by atoms with Crippen molar-refractivity contribution in [2.45, 2.75) is 32.3 Å². The van der Waals surface area contributed by atoms with Gasteiger partial charge in [0.15, 0.2) is 0 Å². The van der Waals surface area contributed by atoms with Crippen molar-refractivity contribution in [1.29, 1.82) is 0 Å². The first-order chi connectivity index (χ1) is 8.11. The molecule has 0 bridgehead atoms. The van der Waals surface area contributed by atoms with Gasteiger partial charge >= 0.3 is 5.97 Å². The molecule has 0 saturated carbocycles. The van der Waals surface area contributed by atoms with Crippen molar-refractivity contribution in [2.24, 2.45) is 0 Å². The molecule has 0 spiro atoms. The summed E-state index contributed by atoms with van der Waals surface area (Å²) in [6, 6.07) is 4.86. The molecule has 0 amide bonds. The fourth-order valence-electron chi connectivity index (χ4n) is 2.08. The Kier molecular flexibility index (Phi) is 2.96. The summed E-state index contributed by atoms with van der Waals surface area (Å²) in [5.74, 6) is 0.499. The van der Waals surface area contributed by atoms with Crippen LogP contribution in [0.25, 0.3) is 0 Å². The van der Waals surface area contributed by atoms with Gasteiger partial charge in [-0.3, -0.25) is 0 Å². The second kappa shape index (κ2) is 4.28. The third-order valence-electron chi connectivity index (χ3n) is 3.04. The van der Waals surface area contributed by atoms with Gasteiger partial charge in [0.25, 0.3) is 0 Å². The molecule has 92 valence electrons. The summed E-state index contributed by atoms with van der Waals surface area (Å²) in [5, 5.41) is 9.41. The summed E-state index contributed by atoms with van der Waals surface area (Å²) in [4.78, 5) is 11.9. The predicted molar refractivity (Wildman–Crippen MR) is 62.1 cm³/mol. The maximum atomic E-state index is 11.9. The van der Waals surface area contributed by atoms with E-state index >= 15 is 0 Å². The smallest absolute Gasteiger partial charge is 0.350 e. The van der Waals surface area contributed by atoms with E-state index in [1.54, 1.807) is 25.1 Å². The number of ether oxygens (including phenoxy) is 2. The van der Waals surface area contributed by atoms with Gasteiger partial charge in [0.1, 0.15) is 11.5 Å². The third kappa shape index (κ3) is 1.95. The zero-order valence-electron chi connectivity index (χ0n) is 10.0. The highest BCUT2D eigenvalue weighted by molar-refractivity contribution is 5.82. The first kappa shape index (κ1) is 11.8. The molecule has 4 nitrogen and oxygen atoms in total. The molecule has 1 aliphatic rings. The lowest BCUT2D eigenvalue weighted by Gasteiger charge is -2.24. The summed E-state index contributed by atoms with van der Waals surface area (Å²) in [6.07, 6.45) is 0.993. The molecule has 0 fully saturated rings. The van der Waals surface area contributed by atoms with Gasteiger partial charge in [0.2, 0.25) is 5.60 Å². The maximum Gasteiger partial charge on any atom is 0.350 e. The molecule has 4 heteroatoms. The van der Waals surface area contributed by atoms with Crippen molar-refractivity contribution in [1.82, 2.24) is 0 Å². The quantitative estimate of drug-likeness (QED) is 0.816. The average molecular weight is 236 g/mol. The highest BCUT2D eigenvalue weighted by atomic mass is 16.6. The fourth-order valence-corrected chi connectivity index (χ4v) is 2.08. The van der Waals surface area contributed by atoms with Crippen LogP contribution < -0.4 is 4.74 Å². The Labute approximate surface area is 100 Å². The van der Waals surface area contributed by atoms with E-state index in [2.05, 4.69) is 0 Å². The fraction of sp³-hybridized carbons (Fsp3) is 0.462. The van der Waals surface area contributed by atoms with Gasteiger partial charge in [-0.1, -0.05) is 6.92 Å². The standard InChI is InChI=1S/C13H16O4/c1-3-13(12(15)16-4-2)8-9-7-10(14)5-6-11(9)17-13/h5-7,14H,3-4,8H2,1-2H3. The van der Waals surface area contributed by atoms with Crippen LogP contribution >= 0.6 is 0 Å². The molecular weight excluding hydrogens is 220 g/mol. The minimum atomic E-state index is -0.924. The average Bonchev–Trinajstić information content (AvgIpc) is 2.68. The number of fused-ring (bicyclic) bond motifs is 1. The molecule has 0 saturated heterocycles. The Morgan fingerprint density at radius 3 is 2.94 bits per heavy atom. The first-order valence-electron chi connectivity index (χ1n) is 5.79. The van der Waals surface area contributed by atoms with E-state index in [4.69, 9.17) is 9.47 Å². The number of hydrogen-bond donors (Lipinski definition) is 1. The molecular formula is C13H16O4. The lowest BCUT2D eigenvalue weighted by Crippen LogP contribution is -2.44. The molecule has 0 aliphatic carbocycles. The van der Waals surface area contributed by atoms with Crippen molar-refractivity contribution in [3.63, 3.8) is 0 Å². The molecule has 17 heavy (non-hydrogen) atoms. The second-order valence-electron chi connectivity index (χ2n) is 4.14. The molecule has 1 heterocycles. The summed E-state index contributed by atoms with van der Waals surface area (Å²) < 4.78 is 10.8. The zero-order chi connectivity index (χ0) is 12.5. The van der Waals surface area contributed by atoms with Crippen LogP contribution in [0.1, 0.15) is 25.8 Å². The van der Waals surface area contributed by atoms with Crippen LogP contribution in [0.15, 0.2) is 18.2 Å². The van der Waals surface area contributed by atoms with Crippen LogP contribution in [0, 0.1) is 0 Å². The van der Waals surface area contributed by atoms with Crippen LogP contribution in [-0.2, 0) is 16.0 Å². The molecule has 1 atom stereocenters. The van der Waals surface area contributed by atoms with E-state index in [1.807, 2.05) is 6.92 Å². The monoisotopic (exact) mass is 236 g/mol. The minimum absolute atomic E-state index is 0.183. The van der Waals surface area contributed by atoms with Crippen molar-refractivity contribution in [2.75, 3.05) is 6.61 Å². The number of benzene rings is 1. The highest BCUT2D eigenvalue weighted by Gasteiger charge is 2.46. The summed E-state index contributed by atoms with van der Waals surface area (Å²) in [6.45, 7) is 4.00. The van der Waals surface area contributed by atoms with Gasteiger partial charge in [-0.05, 0) is 31.5 Å². The van der Waals surface area contributed by atoms with E-state index in [-0.39, 0.29) is 11.7 Å². The molecule has 1 aromatic carbocycles. The number of phenols is 1. The Hall–Kier alpha value is -1.71. The van der Waals surface area contributed by atoms with Crippen LogP contribution in [0.5, 0.6) is 11.5 Å². The first-order valence-corrected chi connectivity index (χ1v) is 5.79. The number of esters is 1. The van der Waals surface area contributed by atoms with E-state index in [9.17, 15) is 9.90 Å². The Morgan fingerprint density at radius 1 is 1.53 bits per heavy atom. The summed E-state index contributed by atoms with van der Waals surface area (Å²) in [5.41, 5.74) is -0.0773. The largest absolute Gasteiger partial charge is 0.508 e. The molecule has 1 aliphatic heterocycles. The van der Waals surface area contributed by atoms with Crippen molar-refractivity contribution in [3.05, 3.63) is 23.8 Å². The lowest BCUT2D eigenvalue weighted by atomic mass is 9.94. The molecule has 0 aromatic heterocycles. The number of phenolic OH excluding ortho intramolecular Hbond substituents is 1. The van der Waals surface area contributed by atoms with Crippen LogP contribution in [0.3, 0.4) is 0 Å². The highest BCUT2D eigenvalue weighted by Crippen LogP contribution is 2.39. The Balaban J connectivity index is 2.29. The van der Waals surface area contributed by atoms with Crippen molar-refractivity contribution < 1.29 is 19.4 Å². The van der Waals surface area contributed by atoms with E-state index < -0.39 is 5.60 Å². The molecule has 0 radical (unpaired) electrons. The van der Waals surface area contributed by atoms with E-state index in [0.717, 1.165) is 5.56 Å². The number of hydrogen-bond acceptors (Lipinski definition) is 4. The van der Waals surface area contributed by atoms with Gasteiger partial charge < -0.3 is 14.6 Å². The molecule has 1 N–H and O–H groups in total. The normalized spacial score (nSPS) is 21.8. The topological polar surface area (TPSA) is 55.8 Å². The van der Waals surface area contributed by atoms with Gasteiger partial charge in [0.05, 0.1) is 6.61 Å². The third-order valence-corrected chi connectivity index (χ3v) is 3.04. The van der Waals surface area contributed by atoms with Gasteiger partial charge in [-0.2, -0.15) is 0 Å². The van der Waals surface area contributed by atoms with Crippen molar-refractivity contribution >= 4 is 5.97 Å². The van der Waals surface area contributed by atoms with Crippen LogP contribution in [-0.4, -0.2) is 23.3 Å². The number of carbonyl (C=O) groups excluding carboxylic acids is 1. The van der Waals surface area contributed by atoms with Crippen LogP contribution in [0.4, 0.5) is 0 Å². The van der Waals surface area contributed by atoms with Gasteiger partial charge in [-0.15, -0.1) is 0 Å². The number of aromatic hydroxyl groups is 1. The van der Waals surface area contributed by atoms with Gasteiger partial charge in [-0.25, -0.2) is 4.79 Å². The zero-order valence-corrected chi connectivity index (χ0v) is 10.0. The number of carbonyl (C=O) groups is 1. The van der Waals surface area contributed by atoms with E-state index in [1.165, 1.54) is 0 Å². The second-order valence-corrected chi connectivity index (χ2v) is 4.14. The van der Waals surface area contributed by atoms with Crippen molar-refractivity contribution in [3.8, 4) is 11.5 Å². The predicted octanol–water partition coefficient (Wildman–Crippen LogP) is 2.04. The maximum absolute atomic E-state index is 11.9. The Morgan fingerprint density at radius 2 is 2.29 bits per heavy atom. The minimum Gasteiger partial charge on any atom is -0.508 e.